The maximum atomic E-state index is 13.3. The van der Waals surface area contributed by atoms with Gasteiger partial charge in [0.05, 0.1) is 31.0 Å². The Morgan fingerprint density at radius 3 is 2.44 bits per heavy atom. The summed E-state index contributed by atoms with van der Waals surface area (Å²) >= 11 is 0.926. The maximum absolute atomic E-state index is 13.3. The molecule has 1 saturated heterocycles. The molecule has 4 rings (SSSR count). The van der Waals surface area contributed by atoms with Crippen molar-refractivity contribution in [1.82, 2.24) is 4.98 Å². The predicted octanol–water partition coefficient (Wildman–Crippen LogP) is 4.28. The highest BCUT2D eigenvalue weighted by molar-refractivity contribution is 7.17. The quantitative estimate of drug-likeness (QED) is 0.219. The summed E-state index contributed by atoms with van der Waals surface area (Å²) in [6.07, 6.45) is 0. The van der Waals surface area contributed by atoms with Crippen LogP contribution in [-0.2, 0) is 14.3 Å². The summed E-state index contributed by atoms with van der Waals surface area (Å²) in [6.45, 7) is 5.25. The number of aromatic nitrogens is 1. The number of methoxy groups -OCH3 is 1. The molecule has 2 N–H and O–H groups in total. The Bertz CT molecular complexity index is 1390. The van der Waals surface area contributed by atoms with Crippen LogP contribution >= 0.6 is 11.3 Å². The van der Waals surface area contributed by atoms with Crippen molar-refractivity contribution in [2.75, 3.05) is 18.6 Å². The number of aromatic hydroxyl groups is 1. The normalized spacial score (nSPS) is 16.9. The number of Topliss-reactive ketones (excluding diaryl/α,β-unsaturated/α-hetero) is 1. The van der Waals surface area contributed by atoms with Crippen LogP contribution in [0, 0.1) is 13.8 Å². The van der Waals surface area contributed by atoms with Gasteiger partial charge in [-0.15, -0.1) is 0 Å². The van der Waals surface area contributed by atoms with Gasteiger partial charge in [0.1, 0.15) is 22.1 Å². The van der Waals surface area contributed by atoms with E-state index in [1.165, 1.54) is 19.2 Å². The van der Waals surface area contributed by atoms with Gasteiger partial charge in [0.15, 0.2) is 5.13 Å². The van der Waals surface area contributed by atoms with Crippen molar-refractivity contribution in [3.8, 4) is 11.5 Å². The topological polar surface area (TPSA) is 126 Å². The number of phenols is 1. The Labute approximate surface area is 211 Å². The Hall–Kier alpha value is -4.18. The molecule has 2 aromatic carbocycles. The molecule has 1 aromatic heterocycles. The molecule has 9 nitrogen and oxygen atoms in total. The summed E-state index contributed by atoms with van der Waals surface area (Å²) in [6, 6.07) is 9.81. The van der Waals surface area contributed by atoms with Crippen LogP contribution in [0.25, 0.3) is 5.76 Å². The van der Waals surface area contributed by atoms with Crippen molar-refractivity contribution in [1.29, 1.82) is 0 Å². The van der Waals surface area contributed by atoms with Crippen LogP contribution in [0.5, 0.6) is 11.5 Å². The van der Waals surface area contributed by atoms with E-state index in [0.717, 1.165) is 21.8 Å². The van der Waals surface area contributed by atoms with Gasteiger partial charge in [-0.3, -0.25) is 14.5 Å². The van der Waals surface area contributed by atoms with E-state index in [4.69, 9.17) is 9.47 Å². The summed E-state index contributed by atoms with van der Waals surface area (Å²) in [7, 11) is 1.53. The van der Waals surface area contributed by atoms with E-state index in [9.17, 15) is 24.6 Å². The maximum Gasteiger partial charge on any atom is 0.350 e. The Morgan fingerprint density at radius 1 is 1.14 bits per heavy atom. The van der Waals surface area contributed by atoms with E-state index < -0.39 is 23.7 Å². The second-order valence-electron chi connectivity index (χ2n) is 8.08. The smallest absolute Gasteiger partial charge is 0.350 e. The van der Waals surface area contributed by atoms with Gasteiger partial charge < -0.3 is 19.7 Å². The highest BCUT2D eigenvalue weighted by atomic mass is 32.1. The van der Waals surface area contributed by atoms with E-state index in [0.29, 0.717) is 22.6 Å². The predicted molar refractivity (Wildman–Crippen MR) is 133 cm³/mol. The van der Waals surface area contributed by atoms with Gasteiger partial charge in [-0.25, -0.2) is 9.78 Å². The van der Waals surface area contributed by atoms with Gasteiger partial charge in [-0.1, -0.05) is 23.5 Å². The van der Waals surface area contributed by atoms with E-state index in [1.54, 1.807) is 51.1 Å². The molecule has 1 aliphatic rings. The van der Waals surface area contributed by atoms with Gasteiger partial charge in [-0.2, -0.15) is 0 Å². The molecule has 1 amide bonds. The van der Waals surface area contributed by atoms with Crippen molar-refractivity contribution < 1.29 is 34.1 Å². The highest BCUT2D eigenvalue weighted by Crippen LogP contribution is 2.44. The zero-order chi connectivity index (χ0) is 26.1. The lowest BCUT2D eigenvalue weighted by Crippen LogP contribution is -2.29. The highest BCUT2D eigenvalue weighted by Gasteiger charge is 2.48. The number of aryl methyl sites for hydroxylation is 2. The zero-order valence-corrected chi connectivity index (χ0v) is 20.9. The number of amides is 1. The number of phenolic OH excluding ortho intramolecular Hbond substituents is 1. The molecule has 3 aromatic rings. The minimum absolute atomic E-state index is 0.00355. The number of carbonyl (C=O) groups excluding carboxylic acids is 3. The molecule has 1 fully saturated rings. The second-order valence-corrected chi connectivity index (χ2v) is 9.05. The number of nitrogens with zero attached hydrogens (tertiary/aromatic N) is 2. The lowest BCUT2D eigenvalue weighted by atomic mass is 9.95. The van der Waals surface area contributed by atoms with Crippen LogP contribution in [0.4, 0.5) is 5.13 Å². The zero-order valence-electron chi connectivity index (χ0n) is 20.1. The third-order valence-electron chi connectivity index (χ3n) is 5.77. The number of aliphatic hydroxyl groups is 1. The third kappa shape index (κ3) is 4.31. The number of aliphatic hydroxyl groups excluding tert-OH is 1. The second kappa shape index (κ2) is 9.82. The summed E-state index contributed by atoms with van der Waals surface area (Å²) in [5.41, 5.74) is 1.74. The molecule has 1 atom stereocenters. The van der Waals surface area contributed by atoms with E-state index in [2.05, 4.69) is 4.98 Å². The number of hydrogen-bond donors (Lipinski definition) is 2. The number of esters is 1. The first kappa shape index (κ1) is 24.9. The molecule has 1 aliphatic heterocycles. The molecule has 186 valence electrons. The van der Waals surface area contributed by atoms with Gasteiger partial charge in [0.2, 0.25) is 0 Å². The fourth-order valence-corrected chi connectivity index (χ4v) is 5.04. The van der Waals surface area contributed by atoms with E-state index in [-0.39, 0.29) is 33.7 Å². The minimum Gasteiger partial charge on any atom is -0.508 e. The van der Waals surface area contributed by atoms with Crippen molar-refractivity contribution in [3.63, 3.8) is 0 Å². The van der Waals surface area contributed by atoms with Gasteiger partial charge in [-0.05, 0) is 62.2 Å². The molecule has 0 saturated carbocycles. The number of thiazole rings is 1. The van der Waals surface area contributed by atoms with Gasteiger partial charge >= 0.3 is 11.9 Å². The molecule has 0 spiro atoms. The Balaban J connectivity index is 1.91. The molecular formula is C26H24N2O7S. The standard InChI is InChI=1S/C26H24N2O7S/c1-5-35-25(33)23-14(3)27-26(36-23)28-20(15-6-9-17(29)10-7-15)19(22(31)24(28)32)21(30)16-8-11-18(34-4)13(2)12-16/h6-12,20,29-30H,5H2,1-4H3/b21-19+/t20-/m1/s1. The van der Waals surface area contributed by atoms with Crippen molar-refractivity contribution >= 4 is 39.9 Å². The minimum atomic E-state index is -1.05. The average Bonchev–Trinajstić information content (AvgIpc) is 3.36. The first-order valence-corrected chi connectivity index (χ1v) is 11.9. The molecule has 0 unspecified atom stereocenters. The summed E-state index contributed by atoms with van der Waals surface area (Å²) in [5, 5.41) is 21.2. The van der Waals surface area contributed by atoms with Crippen LogP contribution in [0.15, 0.2) is 48.0 Å². The fourth-order valence-electron chi connectivity index (χ4n) is 4.05. The lowest BCUT2D eigenvalue weighted by Gasteiger charge is -2.23. The fraction of sp³-hybridized carbons (Fsp3) is 0.231. The molecule has 0 aliphatic carbocycles. The molecule has 10 heteroatoms. The lowest BCUT2D eigenvalue weighted by molar-refractivity contribution is -0.132. The van der Waals surface area contributed by atoms with Gasteiger partial charge in [0.25, 0.3) is 5.78 Å². The summed E-state index contributed by atoms with van der Waals surface area (Å²) in [4.78, 5) is 44.7. The molecule has 36 heavy (non-hydrogen) atoms. The number of ketones is 1. The number of rotatable bonds is 6. The van der Waals surface area contributed by atoms with E-state index >= 15 is 0 Å². The number of hydrogen-bond acceptors (Lipinski definition) is 9. The molecule has 2 heterocycles. The largest absolute Gasteiger partial charge is 0.508 e. The molecular weight excluding hydrogens is 484 g/mol. The van der Waals surface area contributed by atoms with Crippen molar-refractivity contribution in [2.24, 2.45) is 0 Å². The number of carbonyl (C=O) groups is 3. The third-order valence-corrected chi connectivity index (χ3v) is 6.91. The first-order chi connectivity index (χ1) is 17.2. The summed E-state index contributed by atoms with van der Waals surface area (Å²) < 4.78 is 10.4. The van der Waals surface area contributed by atoms with Crippen LogP contribution in [0.3, 0.4) is 0 Å². The van der Waals surface area contributed by atoms with Crippen molar-refractivity contribution in [2.45, 2.75) is 26.8 Å². The number of benzene rings is 2. The molecule has 0 radical (unpaired) electrons. The van der Waals surface area contributed by atoms with Gasteiger partial charge in [0, 0.05) is 5.56 Å². The van der Waals surface area contributed by atoms with Crippen LogP contribution in [0.1, 0.15) is 45.0 Å². The van der Waals surface area contributed by atoms with Crippen LogP contribution in [-0.4, -0.2) is 46.6 Å². The van der Waals surface area contributed by atoms with Crippen LogP contribution < -0.4 is 9.64 Å². The Morgan fingerprint density at radius 2 is 1.83 bits per heavy atom. The SMILES string of the molecule is CCOC(=O)c1sc(N2C(=O)C(=O)/C(=C(/O)c3ccc(OC)c(C)c3)[C@H]2c2ccc(O)cc2)nc1C. The van der Waals surface area contributed by atoms with Crippen molar-refractivity contribution in [3.05, 3.63) is 75.3 Å². The molecule has 0 bridgehead atoms. The number of ether oxygens (including phenoxy) is 2. The number of anilines is 1. The Kier molecular flexibility index (Phi) is 6.80. The van der Waals surface area contributed by atoms with E-state index in [1.807, 2.05) is 0 Å². The monoisotopic (exact) mass is 508 g/mol. The first-order valence-electron chi connectivity index (χ1n) is 11.1. The average molecular weight is 509 g/mol. The van der Waals surface area contributed by atoms with Crippen LogP contribution in [0.2, 0.25) is 0 Å². The summed E-state index contributed by atoms with van der Waals surface area (Å²) in [5.74, 6) is -2.14.